The standard InChI is InChI=1S/C16H16ClFN2O4S/c1-9-12(10(2)24-20-9)7-25-8-16(22)23-6-15(21)19-14-5-11(17)3-4-13(14)18/h3-5H,6-8H2,1-2H3,(H,19,21). The number of halogens is 2. The van der Waals surface area contributed by atoms with E-state index in [0.29, 0.717) is 11.5 Å². The topological polar surface area (TPSA) is 81.4 Å². The number of hydrogen-bond acceptors (Lipinski definition) is 6. The number of esters is 1. The molecule has 9 heteroatoms. The van der Waals surface area contributed by atoms with Crippen LogP contribution in [0.15, 0.2) is 22.7 Å². The molecule has 0 saturated carbocycles. The summed E-state index contributed by atoms with van der Waals surface area (Å²) in [7, 11) is 0. The summed E-state index contributed by atoms with van der Waals surface area (Å²) in [6, 6.07) is 3.77. The molecule has 2 aromatic rings. The molecule has 0 aliphatic rings. The fraction of sp³-hybridized carbons (Fsp3) is 0.312. The van der Waals surface area contributed by atoms with Crippen LogP contribution in [-0.4, -0.2) is 29.4 Å². The van der Waals surface area contributed by atoms with Crippen molar-refractivity contribution in [1.29, 1.82) is 0 Å². The Balaban J connectivity index is 1.72. The van der Waals surface area contributed by atoms with E-state index in [2.05, 4.69) is 10.5 Å². The monoisotopic (exact) mass is 386 g/mol. The molecule has 0 fully saturated rings. The average Bonchev–Trinajstić information content (AvgIpc) is 2.88. The highest BCUT2D eigenvalue weighted by Gasteiger charge is 2.13. The van der Waals surface area contributed by atoms with Crippen LogP contribution >= 0.6 is 23.4 Å². The normalized spacial score (nSPS) is 10.6. The van der Waals surface area contributed by atoms with Gasteiger partial charge in [0, 0.05) is 16.3 Å². The van der Waals surface area contributed by atoms with Gasteiger partial charge in [-0.3, -0.25) is 9.59 Å². The lowest BCUT2D eigenvalue weighted by Gasteiger charge is -2.08. The van der Waals surface area contributed by atoms with Gasteiger partial charge in [0.05, 0.1) is 17.1 Å². The molecule has 0 radical (unpaired) electrons. The Hall–Kier alpha value is -2.06. The van der Waals surface area contributed by atoms with E-state index in [0.717, 1.165) is 17.3 Å². The molecule has 1 aromatic carbocycles. The first-order chi connectivity index (χ1) is 11.9. The number of thioether (sulfide) groups is 1. The molecule has 0 unspecified atom stereocenters. The van der Waals surface area contributed by atoms with E-state index < -0.39 is 24.3 Å². The van der Waals surface area contributed by atoms with E-state index in [9.17, 15) is 14.0 Å². The van der Waals surface area contributed by atoms with Gasteiger partial charge in [-0.1, -0.05) is 16.8 Å². The van der Waals surface area contributed by atoms with Gasteiger partial charge in [-0.25, -0.2) is 4.39 Å². The number of carbonyl (C=O) groups is 2. The Morgan fingerprint density at radius 1 is 1.40 bits per heavy atom. The summed E-state index contributed by atoms with van der Waals surface area (Å²) in [5.74, 6) is -0.483. The van der Waals surface area contributed by atoms with Gasteiger partial charge in [0.1, 0.15) is 11.6 Å². The highest BCUT2D eigenvalue weighted by Crippen LogP contribution is 2.20. The van der Waals surface area contributed by atoms with Gasteiger partial charge in [-0.15, -0.1) is 11.8 Å². The highest BCUT2D eigenvalue weighted by molar-refractivity contribution is 7.99. The number of aromatic nitrogens is 1. The van der Waals surface area contributed by atoms with E-state index in [1.165, 1.54) is 23.9 Å². The first-order valence-electron chi connectivity index (χ1n) is 7.27. The van der Waals surface area contributed by atoms with Gasteiger partial charge in [0.25, 0.3) is 5.91 Å². The van der Waals surface area contributed by atoms with Crippen molar-refractivity contribution in [1.82, 2.24) is 5.16 Å². The minimum absolute atomic E-state index is 0.0682. The summed E-state index contributed by atoms with van der Waals surface area (Å²) in [6.07, 6.45) is 0. The molecular formula is C16H16ClFN2O4S. The SMILES string of the molecule is Cc1noc(C)c1CSCC(=O)OCC(=O)Nc1cc(Cl)ccc1F. The molecule has 0 spiro atoms. The quantitative estimate of drug-likeness (QED) is 0.733. The lowest BCUT2D eigenvalue weighted by atomic mass is 10.2. The van der Waals surface area contributed by atoms with Gasteiger partial charge in [-0.2, -0.15) is 0 Å². The van der Waals surface area contributed by atoms with Gasteiger partial charge in [0.15, 0.2) is 6.61 Å². The molecule has 0 aliphatic carbocycles. The fourth-order valence-corrected chi connectivity index (χ4v) is 3.05. The third-order valence-corrected chi connectivity index (χ3v) is 4.38. The van der Waals surface area contributed by atoms with E-state index in [1.54, 1.807) is 6.92 Å². The molecule has 0 saturated heterocycles. The molecule has 0 bridgehead atoms. The largest absolute Gasteiger partial charge is 0.455 e. The summed E-state index contributed by atoms with van der Waals surface area (Å²) < 4.78 is 23.4. The molecule has 1 N–H and O–H groups in total. The number of anilines is 1. The minimum Gasteiger partial charge on any atom is -0.455 e. The molecule has 2 rings (SSSR count). The molecule has 134 valence electrons. The number of carbonyl (C=O) groups excluding carboxylic acids is 2. The van der Waals surface area contributed by atoms with E-state index >= 15 is 0 Å². The Labute approximate surface area is 153 Å². The van der Waals surface area contributed by atoms with Crippen LogP contribution in [0.25, 0.3) is 0 Å². The molecule has 1 heterocycles. The van der Waals surface area contributed by atoms with Crippen LogP contribution in [0.5, 0.6) is 0 Å². The van der Waals surface area contributed by atoms with Crippen molar-refractivity contribution < 1.29 is 23.2 Å². The molecule has 1 aromatic heterocycles. The molecular weight excluding hydrogens is 371 g/mol. The summed E-state index contributed by atoms with van der Waals surface area (Å²) in [6.45, 7) is 3.12. The Bertz CT molecular complexity index is 762. The maximum Gasteiger partial charge on any atom is 0.316 e. The second-order valence-corrected chi connectivity index (χ2v) is 6.55. The van der Waals surface area contributed by atoms with E-state index in [-0.39, 0.29) is 16.5 Å². The maximum absolute atomic E-state index is 13.5. The van der Waals surface area contributed by atoms with Crippen molar-refractivity contribution in [3.8, 4) is 0 Å². The number of aryl methyl sites for hydroxylation is 2. The van der Waals surface area contributed by atoms with Gasteiger partial charge in [0.2, 0.25) is 0 Å². The summed E-state index contributed by atoms with van der Waals surface area (Å²) in [5.41, 5.74) is 1.65. The zero-order valence-corrected chi connectivity index (χ0v) is 15.2. The molecule has 0 aliphatic heterocycles. The number of amides is 1. The van der Waals surface area contributed by atoms with Crippen LogP contribution < -0.4 is 5.32 Å². The van der Waals surface area contributed by atoms with Crippen LogP contribution in [0.3, 0.4) is 0 Å². The molecule has 1 amide bonds. The molecule has 0 atom stereocenters. The van der Waals surface area contributed by atoms with Crippen molar-refractivity contribution in [3.05, 3.63) is 46.1 Å². The fourth-order valence-electron chi connectivity index (χ4n) is 1.91. The number of hydrogen-bond donors (Lipinski definition) is 1. The summed E-state index contributed by atoms with van der Waals surface area (Å²) in [4.78, 5) is 23.4. The van der Waals surface area contributed by atoms with Crippen molar-refractivity contribution in [3.63, 3.8) is 0 Å². The van der Waals surface area contributed by atoms with Crippen molar-refractivity contribution in [2.24, 2.45) is 0 Å². The number of rotatable bonds is 7. The third kappa shape index (κ3) is 5.75. The smallest absolute Gasteiger partial charge is 0.316 e. The minimum atomic E-state index is -0.648. The lowest BCUT2D eigenvalue weighted by Crippen LogP contribution is -2.22. The van der Waals surface area contributed by atoms with Gasteiger partial charge >= 0.3 is 5.97 Å². The molecule has 6 nitrogen and oxygen atoms in total. The average molecular weight is 387 g/mol. The third-order valence-electron chi connectivity index (χ3n) is 3.21. The number of ether oxygens (including phenoxy) is 1. The van der Waals surface area contributed by atoms with Crippen molar-refractivity contribution in [2.75, 3.05) is 17.7 Å². The first-order valence-corrected chi connectivity index (χ1v) is 8.80. The zero-order chi connectivity index (χ0) is 18.4. The van der Waals surface area contributed by atoms with Gasteiger partial charge in [-0.05, 0) is 32.0 Å². The lowest BCUT2D eigenvalue weighted by molar-refractivity contribution is -0.144. The Kier molecular flexibility index (Phi) is 6.83. The van der Waals surface area contributed by atoms with Crippen LogP contribution in [-0.2, 0) is 20.1 Å². The number of nitrogens with one attached hydrogen (secondary N) is 1. The van der Waals surface area contributed by atoms with Crippen LogP contribution in [0.1, 0.15) is 17.0 Å². The van der Waals surface area contributed by atoms with Gasteiger partial charge < -0.3 is 14.6 Å². The number of nitrogens with zero attached hydrogens (tertiary/aromatic N) is 1. The van der Waals surface area contributed by atoms with Crippen molar-refractivity contribution in [2.45, 2.75) is 19.6 Å². The predicted octanol–water partition coefficient (Wildman–Crippen LogP) is 3.50. The predicted molar refractivity (Wildman–Crippen MR) is 93.1 cm³/mol. The van der Waals surface area contributed by atoms with E-state index in [1.807, 2.05) is 6.92 Å². The Morgan fingerprint density at radius 2 is 2.16 bits per heavy atom. The first kappa shape index (κ1) is 19.3. The maximum atomic E-state index is 13.5. The second kappa shape index (κ2) is 8.87. The van der Waals surface area contributed by atoms with Crippen LogP contribution in [0.4, 0.5) is 10.1 Å². The second-order valence-electron chi connectivity index (χ2n) is 5.13. The Morgan fingerprint density at radius 3 is 2.84 bits per heavy atom. The summed E-state index contributed by atoms with van der Waals surface area (Å²) in [5, 5.41) is 6.41. The highest BCUT2D eigenvalue weighted by atomic mass is 35.5. The van der Waals surface area contributed by atoms with Crippen molar-refractivity contribution >= 4 is 40.9 Å². The summed E-state index contributed by atoms with van der Waals surface area (Å²) >= 11 is 7.06. The number of benzene rings is 1. The zero-order valence-electron chi connectivity index (χ0n) is 13.6. The molecule has 25 heavy (non-hydrogen) atoms. The van der Waals surface area contributed by atoms with Crippen LogP contribution in [0.2, 0.25) is 5.02 Å². The van der Waals surface area contributed by atoms with Crippen LogP contribution in [0, 0.1) is 19.7 Å². The van der Waals surface area contributed by atoms with E-state index in [4.69, 9.17) is 20.9 Å².